The molecule has 0 amide bonds. The number of aryl methyl sites for hydroxylation is 1. The second-order valence-corrected chi connectivity index (χ2v) is 8.63. The maximum Gasteiger partial charge on any atom is 0.416 e. The number of carbonyl (C=O) groups is 1. The average Bonchev–Trinajstić information content (AvgIpc) is 2.76. The monoisotopic (exact) mass is 540 g/mol. The van der Waals surface area contributed by atoms with Crippen LogP contribution in [0.25, 0.3) is 6.08 Å². The van der Waals surface area contributed by atoms with Gasteiger partial charge < -0.3 is 4.74 Å². The van der Waals surface area contributed by atoms with Crippen molar-refractivity contribution in [2.75, 3.05) is 0 Å². The van der Waals surface area contributed by atoms with E-state index in [0.29, 0.717) is 41.2 Å². The number of alkyl halides is 6. The molecule has 0 unspecified atom stereocenters. The molecule has 4 rings (SSSR count). The van der Waals surface area contributed by atoms with E-state index in [1.807, 2.05) is 12.1 Å². The lowest BCUT2D eigenvalue weighted by atomic mass is 9.85. The summed E-state index contributed by atoms with van der Waals surface area (Å²) in [7, 11) is 0. The lowest BCUT2D eigenvalue weighted by Crippen LogP contribution is -2.14. The molecule has 0 saturated carbocycles. The number of halogens is 7. The van der Waals surface area contributed by atoms with E-state index in [-0.39, 0.29) is 23.6 Å². The predicted octanol–water partition coefficient (Wildman–Crippen LogP) is 8.49. The van der Waals surface area contributed by atoms with E-state index >= 15 is 0 Å². The number of fused-ring (bicyclic) bond motifs is 1. The highest BCUT2D eigenvalue weighted by Crippen LogP contribution is 2.38. The Hall–Kier alpha value is -3.07. The molecule has 3 aromatic carbocycles. The fourth-order valence-electron chi connectivity index (χ4n) is 3.66. The van der Waals surface area contributed by atoms with Crippen LogP contribution in [0.2, 0.25) is 0 Å². The van der Waals surface area contributed by atoms with Crippen molar-refractivity contribution in [3.05, 3.63) is 98.5 Å². The fourth-order valence-corrected chi connectivity index (χ4v) is 3.92. The quantitative estimate of drug-likeness (QED) is 0.246. The van der Waals surface area contributed by atoms with Crippen molar-refractivity contribution in [2.24, 2.45) is 0 Å². The van der Waals surface area contributed by atoms with E-state index in [0.717, 1.165) is 10.5 Å². The Labute approximate surface area is 199 Å². The summed E-state index contributed by atoms with van der Waals surface area (Å²) in [5, 5.41) is 0. The van der Waals surface area contributed by atoms with Crippen LogP contribution < -0.4 is 4.74 Å². The zero-order valence-electron chi connectivity index (χ0n) is 17.2. The molecule has 2 nitrogen and oxygen atoms in total. The molecule has 1 aliphatic rings. The van der Waals surface area contributed by atoms with Crippen LogP contribution in [0, 0.1) is 0 Å². The number of benzene rings is 3. The minimum absolute atomic E-state index is 0.0625. The van der Waals surface area contributed by atoms with Gasteiger partial charge in [0.2, 0.25) is 0 Å². The third-order valence-corrected chi connectivity index (χ3v) is 5.81. The Bertz CT molecular complexity index is 1240. The van der Waals surface area contributed by atoms with Crippen molar-refractivity contribution >= 4 is 27.8 Å². The maximum absolute atomic E-state index is 13.1. The molecule has 1 aliphatic carbocycles. The molecular formula is C25H15BrF6O2. The van der Waals surface area contributed by atoms with E-state index in [2.05, 4.69) is 15.9 Å². The van der Waals surface area contributed by atoms with Crippen LogP contribution in [0.4, 0.5) is 26.3 Å². The number of carbonyl (C=O) groups excluding carboxylic acids is 1. The van der Waals surface area contributed by atoms with Crippen molar-refractivity contribution < 1.29 is 35.9 Å². The highest BCUT2D eigenvalue weighted by Gasteiger charge is 2.37. The van der Waals surface area contributed by atoms with Gasteiger partial charge in [0.15, 0.2) is 5.78 Å². The normalized spacial score (nSPS) is 15.4. The molecule has 0 spiro atoms. The molecular weight excluding hydrogens is 526 g/mol. The first-order valence-electron chi connectivity index (χ1n) is 10.0. The van der Waals surface area contributed by atoms with Gasteiger partial charge in [-0.15, -0.1) is 0 Å². The highest BCUT2D eigenvalue weighted by atomic mass is 79.9. The molecule has 0 heterocycles. The summed E-state index contributed by atoms with van der Waals surface area (Å²) >= 11 is 3.33. The largest absolute Gasteiger partial charge is 0.457 e. The Morgan fingerprint density at radius 2 is 1.35 bits per heavy atom. The molecule has 0 saturated heterocycles. The standard InChI is InChI=1S/C25H15BrF6O2/c26-19-3-5-20(6-4-19)34-21-7-8-22-15(12-21)1-2-16(23(22)33)9-14-10-17(24(27,28)29)13-18(11-14)25(30,31)32/h3-13H,1-2H2/b16-9+. The lowest BCUT2D eigenvalue weighted by Gasteiger charge is -2.19. The molecule has 0 aliphatic heterocycles. The van der Waals surface area contributed by atoms with Gasteiger partial charge in [0.05, 0.1) is 11.1 Å². The summed E-state index contributed by atoms with van der Waals surface area (Å²) in [5.74, 6) is 0.660. The van der Waals surface area contributed by atoms with Crippen LogP contribution in [-0.4, -0.2) is 5.78 Å². The Balaban J connectivity index is 1.63. The smallest absolute Gasteiger partial charge is 0.416 e. The average molecular weight is 541 g/mol. The van der Waals surface area contributed by atoms with Crippen molar-refractivity contribution in [2.45, 2.75) is 25.2 Å². The van der Waals surface area contributed by atoms with Crippen LogP contribution in [-0.2, 0) is 18.8 Å². The van der Waals surface area contributed by atoms with Gasteiger partial charge in [-0.1, -0.05) is 15.9 Å². The minimum Gasteiger partial charge on any atom is -0.457 e. The van der Waals surface area contributed by atoms with Gasteiger partial charge in [-0.3, -0.25) is 4.79 Å². The number of rotatable bonds is 3. The summed E-state index contributed by atoms with van der Waals surface area (Å²) in [5.41, 5.74) is -2.01. The molecule has 176 valence electrons. The van der Waals surface area contributed by atoms with Gasteiger partial charge in [0.1, 0.15) is 11.5 Å². The topological polar surface area (TPSA) is 26.3 Å². The molecule has 0 aromatic heterocycles. The fraction of sp³-hybridized carbons (Fsp3) is 0.160. The summed E-state index contributed by atoms with van der Waals surface area (Å²) in [6, 6.07) is 13.3. The van der Waals surface area contributed by atoms with E-state index < -0.39 is 29.3 Å². The number of ether oxygens (including phenoxy) is 1. The first kappa shape index (κ1) is 24.1. The van der Waals surface area contributed by atoms with Gasteiger partial charge in [-0.05, 0) is 90.7 Å². The molecule has 34 heavy (non-hydrogen) atoms. The molecule has 9 heteroatoms. The van der Waals surface area contributed by atoms with E-state index in [1.54, 1.807) is 30.3 Å². The van der Waals surface area contributed by atoms with Gasteiger partial charge in [-0.2, -0.15) is 26.3 Å². The number of allylic oxidation sites excluding steroid dienone is 1. The SMILES string of the molecule is O=C1/C(=C/c2cc(C(F)(F)F)cc(C(F)(F)F)c2)CCc2cc(Oc3ccc(Br)cc3)ccc21. The third kappa shape index (κ3) is 5.35. The predicted molar refractivity (Wildman–Crippen MR) is 118 cm³/mol. The Kier molecular flexibility index (Phi) is 6.33. The molecule has 0 atom stereocenters. The molecule has 0 bridgehead atoms. The molecule has 0 radical (unpaired) electrons. The summed E-state index contributed by atoms with van der Waals surface area (Å²) in [6.45, 7) is 0. The first-order valence-corrected chi connectivity index (χ1v) is 10.8. The highest BCUT2D eigenvalue weighted by molar-refractivity contribution is 9.10. The summed E-state index contributed by atoms with van der Waals surface area (Å²) in [6.07, 6.45) is -8.26. The van der Waals surface area contributed by atoms with E-state index in [9.17, 15) is 31.1 Å². The number of ketones is 1. The molecule has 3 aromatic rings. The second kappa shape index (κ2) is 8.94. The Morgan fingerprint density at radius 1 is 0.765 bits per heavy atom. The summed E-state index contributed by atoms with van der Waals surface area (Å²) in [4.78, 5) is 12.9. The van der Waals surface area contributed by atoms with Gasteiger partial charge in [-0.25, -0.2) is 0 Å². The van der Waals surface area contributed by atoms with Gasteiger partial charge in [0, 0.05) is 15.6 Å². The van der Waals surface area contributed by atoms with E-state index in [1.165, 1.54) is 0 Å². The van der Waals surface area contributed by atoms with Crippen LogP contribution in [0.15, 0.2) is 70.7 Å². The second-order valence-electron chi connectivity index (χ2n) is 7.71. The summed E-state index contributed by atoms with van der Waals surface area (Å²) < 4.78 is 85.5. The minimum atomic E-state index is -4.96. The number of Topliss-reactive ketones (excluding diaryl/α,β-unsaturated/α-hetero) is 1. The number of hydrogen-bond donors (Lipinski definition) is 0. The van der Waals surface area contributed by atoms with Crippen molar-refractivity contribution in [1.82, 2.24) is 0 Å². The maximum atomic E-state index is 13.1. The molecule has 0 fully saturated rings. The van der Waals surface area contributed by atoms with Crippen molar-refractivity contribution in [3.63, 3.8) is 0 Å². The van der Waals surface area contributed by atoms with Crippen LogP contribution in [0.3, 0.4) is 0 Å². The zero-order chi connectivity index (χ0) is 24.7. The zero-order valence-corrected chi connectivity index (χ0v) is 18.8. The Morgan fingerprint density at radius 3 is 1.94 bits per heavy atom. The lowest BCUT2D eigenvalue weighted by molar-refractivity contribution is -0.143. The van der Waals surface area contributed by atoms with Gasteiger partial charge in [0.25, 0.3) is 0 Å². The van der Waals surface area contributed by atoms with E-state index in [4.69, 9.17) is 4.74 Å². The van der Waals surface area contributed by atoms with Crippen molar-refractivity contribution in [3.8, 4) is 11.5 Å². The molecule has 0 N–H and O–H groups in total. The third-order valence-electron chi connectivity index (χ3n) is 5.28. The van der Waals surface area contributed by atoms with Crippen LogP contribution >= 0.6 is 15.9 Å². The van der Waals surface area contributed by atoms with Crippen LogP contribution in [0.5, 0.6) is 11.5 Å². The van der Waals surface area contributed by atoms with Crippen LogP contribution in [0.1, 0.15) is 39.0 Å². The first-order chi connectivity index (χ1) is 15.9. The van der Waals surface area contributed by atoms with Crippen molar-refractivity contribution in [1.29, 1.82) is 0 Å². The number of hydrogen-bond acceptors (Lipinski definition) is 2. The van der Waals surface area contributed by atoms with Gasteiger partial charge >= 0.3 is 12.4 Å².